The first-order valence-electron chi connectivity index (χ1n) is 12.1. The molecular weight excluding hydrogens is 448 g/mol. The van der Waals surface area contributed by atoms with Crippen LogP contribution in [0.25, 0.3) is 11.1 Å². The van der Waals surface area contributed by atoms with Gasteiger partial charge in [-0.3, -0.25) is 9.59 Å². The number of carbonyl (C=O) groups is 3. The molecule has 184 valence electrons. The molecule has 8 heteroatoms. The second kappa shape index (κ2) is 9.70. The highest BCUT2D eigenvalue weighted by molar-refractivity contribution is 5.86. The zero-order chi connectivity index (χ0) is 24.5. The van der Waals surface area contributed by atoms with E-state index in [0.717, 1.165) is 35.1 Å². The van der Waals surface area contributed by atoms with E-state index in [4.69, 9.17) is 9.47 Å². The second-order valence-corrected chi connectivity index (χ2v) is 9.68. The summed E-state index contributed by atoms with van der Waals surface area (Å²) in [6.07, 6.45) is 0.936. The number of ether oxygens (including phenoxy) is 2. The van der Waals surface area contributed by atoms with Crippen molar-refractivity contribution in [3.05, 3.63) is 59.7 Å². The minimum Gasteiger partial charge on any atom is -0.481 e. The molecule has 0 spiro atoms. The van der Waals surface area contributed by atoms with Crippen molar-refractivity contribution in [1.82, 2.24) is 10.2 Å². The summed E-state index contributed by atoms with van der Waals surface area (Å²) < 4.78 is 10.8. The van der Waals surface area contributed by atoms with Crippen LogP contribution in [0.5, 0.6) is 0 Å². The third-order valence-electron chi connectivity index (χ3n) is 7.70. The number of likely N-dealkylation sites (tertiary alicyclic amines) is 1. The van der Waals surface area contributed by atoms with Gasteiger partial charge >= 0.3 is 12.1 Å². The van der Waals surface area contributed by atoms with Crippen LogP contribution in [0.2, 0.25) is 0 Å². The number of fused-ring (bicyclic) bond motifs is 5. The standard InChI is InChI=1S/C27H30N2O6/c1-34-15-23(25(30)29-12-16-10-11-17(13-29)24(16)26(31)32)28-27(33)35-14-22-20-8-4-2-6-18(20)19-7-3-5-9-21(19)22/h2-9,16-17,22-24H,10-15H2,1H3,(H,28,33)(H,31,32). The van der Waals surface area contributed by atoms with Crippen molar-refractivity contribution in [2.24, 2.45) is 17.8 Å². The van der Waals surface area contributed by atoms with Crippen LogP contribution in [0.1, 0.15) is 29.9 Å². The second-order valence-electron chi connectivity index (χ2n) is 9.68. The number of rotatable bonds is 7. The highest BCUT2D eigenvalue weighted by atomic mass is 16.5. The van der Waals surface area contributed by atoms with E-state index in [2.05, 4.69) is 17.4 Å². The number of carboxylic acids is 1. The number of benzene rings is 2. The van der Waals surface area contributed by atoms with Gasteiger partial charge in [-0.05, 0) is 46.9 Å². The zero-order valence-electron chi connectivity index (χ0n) is 19.7. The summed E-state index contributed by atoms with van der Waals surface area (Å²) in [5.74, 6) is -1.61. The van der Waals surface area contributed by atoms with Gasteiger partial charge in [-0.1, -0.05) is 48.5 Å². The Hall–Kier alpha value is -3.39. The minimum absolute atomic E-state index is 0.0111. The Morgan fingerprint density at radius 2 is 1.57 bits per heavy atom. The predicted octanol–water partition coefficient (Wildman–Crippen LogP) is 3.11. The topological polar surface area (TPSA) is 105 Å². The molecule has 1 saturated carbocycles. The quantitative estimate of drug-likeness (QED) is 0.634. The molecule has 8 nitrogen and oxygen atoms in total. The van der Waals surface area contributed by atoms with Crippen LogP contribution in [0.4, 0.5) is 4.79 Å². The number of aliphatic carboxylic acids is 1. The van der Waals surface area contributed by atoms with Crippen LogP contribution < -0.4 is 5.32 Å². The van der Waals surface area contributed by atoms with E-state index in [9.17, 15) is 19.5 Å². The summed E-state index contributed by atoms with van der Waals surface area (Å²) >= 11 is 0. The van der Waals surface area contributed by atoms with Gasteiger partial charge in [0.25, 0.3) is 0 Å². The number of alkyl carbamates (subject to hydrolysis) is 1. The van der Waals surface area contributed by atoms with Crippen LogP contribution >= 0.6 is 0 Å². The Bertz CT molecular complexity index is 1070. The Morgan fingerprint density at radius 3 is 2.11 bits per heavy atom. The third-order valence-corrected chi connectivity index (χ3v) is 7.70. The molecule has 1 aliphatic heterocycles. The van der Waals surface area contributed by atoms with Gasteiger partial charge in [0.05, 0.1) is 12.5 Å². The van der Waals surface area contributed by atoms with E-state index in [0.29, 0.717) is 13.1 Å². The lowest BCUT2D eigenvalue weighted by Gasteiger charge is -2.37. The molecule has 1 heterocycles. The maximum atomic E-state index is 13.2. The number of nitrogens with one attached hydrogen (secondary N) is 1. The number of amides is 2. The van der Waals surface area contributed by atoms with Crippen molar-refractivity contribution in [2.75, 3.05) is 33.4 Å². The molecule has 35 heavy (non-hydrogen) atoms. The monoisotopic (exact) mass is 478 g/mol. The lowest BCUT2D eigenvalue weighted by molar-refractivity contribution is -0.150. The predicted molar refractivity (Wildman–Crippen MR) is 128 cm³/mol. The van der Waals surface area contributed by atoms with Gasteiger partial charge in [0.15, 0.2) is 0 Å². The van der Waals surface area contributed by atoms with Gasteiger partial charge in [-0.2, -0.15) is 0 Å². The summed E-state index contributed by atoms with van der Waals surface area (Å²) in [7, 11) is 1.47. The lowest BCUT2D eigenvalue weighted by Crippen LogP contribution is -2.55. The van der Waals surface area contributed by atoms with Gasteiger partial charge in [0.2, 0.25) is 5.91 Å². The summed E-state index contributed by atoms with van der Waals surface area (Å²) in [5, 5.41) is 12.2. The van der Waals surface area contributed by atoms with Gasteiger partial charge in [-0.15, -0.1) is 0 Å². The molecule has 2 amide bonds. The zero-order valence-corrected chi connectivity index (χ0v) is 19.7. The molecule has 2 aliphatic carbocycles. The number of hydrogen-bond donors (Lipinski definition) is 2. The number of carboxylic acid groups (broad SMARTS) is 1. The maximum Gasteiger partial charge on any atom is 0.407 e. The first kappa shape index (κ1) is 23.4. The molecule has 2 bridgehead atoms. The molecule has 2 N–H and O–H groups in total. The van der Waals surface area contributed by atoms with Crippen LogP contribution in [0, 0.1) is 17.8 Å². The first-order chi connectivity index (χ1) is 17.0. The van der Waals surface area contributed by atoms with Gasteiger partial charge < -0.3 is 24.8 Å². The molecule has 2 aromatic carbocycles. The van der Waals surface area contributed by atoms with Crippen molar-refractivity contribution in [3.8, 4) is 11.1 Å². The maximum absolute atomic E-state index is 13.2. The average molecular weight is 479 g/mol. The number of piperidine rings is 1. The van der Waals surface area contributed by atoms with Gasteiger partial charge in [0.1, 0.15) is 12.6 Å². The first-order valence-corrected chi connectivity index (χ1v) is 12.1. The highest BCUT2D eigenvalue weighted by Gasteiger charge is 2.47. The van der Waals surface area contributed by atoms with E-state index < -0.39 is 24.0 Å². The number of nitrogens with zero attached hydrogens (tertiary/aromatic N) is 1. The largest absolute Gasteiger partial charge is 0.481 e. The summed E-state index contributed by atoms with van der Waals surface area (Å²) in [6, 6.07) is 15.3. The third kappa shape index (κ3) is 4.38. The Kier molecular flexibility index (Phi) is 6.47. The summed E-state index contributed by atoms with van der Waals surface area (Å²) in [5.41, 5.74) is 4.51. The van der Waals surface area contributed by atoms with Crippen molar-refractivity contribution in [1.29, 1.82) is 0 Å². The molecule has 3 unspecified atom stereocenters. The molecule has 0 aromatic heterocycles. The molecular formula is C27H30N2O6. The van der Waals surface area contributed by atoms with E-state index in [-0.39, 0.29) is 36.9 Å². The minimum atomic E-state index is -0.892. The fraction of sp³-hybridized carbons (Fsp3) is 0.444. The molecule has 2 fully saturated rings. The van der Waals surface area contributed by atoms with Gasteiger partial charge in [0, 0.05) is 26.1 Å². The van der Waals surface area contributed by atoms with Crippen LogP contribution in [0.15, 0.2) is 48.5 Å². The number of methoxy groups -OCH3 is 1. The smallest absolute Gasteiger partial charge is 0.407 e. The molecule has 0 radical (unpaired) electrons. The van der Waals surface area contributed by atoms with Gasteiger partial charge in [-0.25, -0.2) is 4.79 Å². The Morgan fingerprint density at radius 1 is 1.00 bits per heavy atom. The molecule has 3 atom stereocenters. The van der Waals surface area contributed by atoms with E-state index in [1.165, 1.54) is 7.11 Å². The average Bonchev–Trinajstić information content (AvgIpc) is 3.33. The summed E-state index contributed by atoms with van der Waals surface area (Å²) in [6.45, 7) is 0.941. The SMILES string of the molecule is COCC(NC(=O)OCC1c2ccccc2-c2ccccc21)C(=O)N1CC2CCC(C1)C2C(=O)O. The van der Waals surface area contributed by atoms with Crippen molar-refractivity contribution >= 4 is 18.0 Å². The Labute approximate surface area is 204 Å². The number of carbonyl (C=O) groups excluding carboxylic acids is 2. The molecule has 1 saturated heterocycles. The molecule has 5 rings (SSSR count). The fourth-order valence-electron chi connectivity index (χ4n) is 6.15. The van der Waals surface area contributed by atoms with Crippen LogP contribution in [-0.4, -0.2) is 67.4 Å². The summed E-state index contributed by atoms with van der Waals surface area (Å²) in [4.78, 5) is 39.3. The van der Waals surface area contributed by atoms with Crippen molar-refractivity contribution in [2.45, 2.75) is 24.8 Å². The normalized spacial score (nSPS) is 23.3. The Balaban J connectivity index is 1.23. The lowest BCUT2D eigenvalue weighted by atomic mass is 9.85. The highest BCUT2D eigenvalue weighted by Crippen LogP contribution is 2.44. The van der Waals surface area contributed by atoms with E-state index in [1.54, 1.807) is 4.90 Å². The van der Waals surface area contributed by atoms with Crippen molar-refractivity contribution < 1.29 is 29.0 Å². The van der Waals surface area contributed by atoms with Crippen LogP contribution in [0.3, 0.4) is 0 Å². The van der Waals surface area contributed by atoms with E-state index >= 15 is 0 Å². The van der Waals surface area contributed by atoms with Crippen molar-refractivity contribution in [3.63, 3.8) is 0 Å². The van der Waals surface area contributed by atoms with E-state index in [1.807, 2.05) is 36.4 Å². The molecule has 3 aliphatic rings. The number of hydrogen-bond acceptors (Lipinski definition) is 5. The fourth-order valence-corrected chi connectivity index (χ4v) is 6.15. The molecule has 2 aromatic rings. The van der Waals surface area contributed by atoms with Crippen LogP contribution in [-0.2, 0) is 19.1 Å².